The zero-order valence-corrected chi connectivity index (χ0v) is 15.4. The Morgan fingerprint density at radius 1 is 0.808 bits per heavy atom. The second-order valence-corrected chi connectivity index (χ2v) is 6.76. The van der Waals surface area contributed by atoms with Gasteiger partial charge in [0.1, 0.15) is 5.82 Å². The van der Waals surface area contributed by atoms with Crippen LogP contribution in [0.4, 0.5) is 0 Å². The molecule has 0 amide bonds. The van der Waals surface area contributed by atoms with Gasteiger partial charge in [0.2, 0.25) is 0 Å². The minimum atomic E-state index is 0.716. The van der Waals surface area contributed by atoms with Crippen LogP contribution in [0.15, 0.2) is 67.0 Å². The summed E-state index contributed by atoms with van der Waals surface area (Å²) in [5, 5.41) is 0.716. The lowest BCUT2D eigenvalue weighted by molar-refractivity contribution is 1.26. The number of nitrogens with one attached hydrogen (secondary N) is 1. The molecule has 1 N–H and O–H groups in total. The highest BCUT2D eigenvalue weighted by Gasteiger charge is 2.17. The largest absolute Gasteiger partial charge is 0.337 e. The number of H-pyrrole nitrogens is 1. The summed E-state index contributed by atoms with van der Waals surface area (Å²) in [5.41, 5.74) is 7.50. The molecule has 0 saturated heterocycles. The molecular weight excluding hydrogens is 342 g/mol. The first-order valence-electron chi connectivity index (χ1n) is 8.46. The van der Waals surface area contributed by atoms with Crippen LogP contribution in [-0.2, 0) is 0 Å². The van der Waals surface area contributed by atoms with Gasteiger partial charge in [0, 0.05) is 34.1 Å². The SMILES string of the molecule is Cc1cccc(C)c1-c1nc(-c2ccncc2)c(-c2ccc(Cl)cc2)[nH]1. The van der Waals surface area contributed by atoms with Gasteiger partial charge in [0.15, 0.2) is 0 Å². The maximum Gasteiger partial charge on any atom is 0.139 e. The van der Waals surface area contributed by atoms with E-state index in [0.29, 0.717) is 5.02 Å². The van der Waals surface area contributed by atoms with E-state index in [1.165, 1.54) is 11.1 Å². The lowest BCUT2D eigenvalue weighted by Gasteiger charge is -2.06. The lowest BCUT2D eigenvalue weighted by Crippen LogP contribution is -1.89. The molecule has 0 unspecified atom stereocenters. The van der Waals surface area contributed by atoms with Crippen LogP contribution in [0.3, 0.4) is 0 Å². The number of rotatable bonds is 3. The summed E-state index contributed by atoms with van der Waals surface area (Å²) in [6.07, 6.45) is 3.57. The molecular formula is C22H18ClN3. The first-order valence-corrected chi connectivity index (χ1v) is 8.84. The predicted octanol–water partition coefficient (Wildman–Crippen LogP) is 6.08. The van der Waals surface area contributed by atoms with Gasteiger partial charge >= 0.3 is 0 Å². The average molecular weight is 360 g/mol. The molecule has 4 heteroatoms. The molecule has 0 radical (unpaired) electrons. The highest BCUT2D eigenvalue weighted by Crippen LogP contribution is 2.35. The summed E-state index contributed by atoms with van der Waals surface area (Å²) in [4.78, 5) is 12.6. The molecule has 4 aromatic rings. The number of hydrogen-bond acceptors (Lipinski definition) is 2. The number of imidazole rings is 1. The van der Waals surface area contributed by atoms with Crippen molar-refractivity contribution in [3.63, 3.8) is 0 Å². The van der Waals surface area contributed by atoms with Crippen molar-refractivity contribution in [2.45, 2.75) is 13.8 Å². The van der Waals surface area contributed by atoms with Crippen LogP contribution in [0.1, 0.15) is 11.1 Å². The van der Waals surface area contributed by atoms with Crippen LogP contribution in [0.25, 0.3) is 33.9 Å². The normalized spacial score (nSPS) is 10.9. The van der Waals surface area contributed by atoms with Gasteiger partial charge < -0.3 is 4.98 Å². The predicted molar refractivity (Wildman–Crippen MR) is 107 cm³/mol. The Hall–Kier alpha value is -2.91. The van der Waals surface area contributed by atoms with Crippen molar-refractivity contribution in [2.75, 3.05) is 0 Å². The van der Waals surface area contributed by atoms with Gasteiger partial charge in [-0.25, -0.2) is 4.98 Å². The average Bonchev–Trinajstić information content (AvgIpc) is 3.08. The molecule has 0 saturated carbocycles. The molecule has 0 aliphatic heterocycles. The third kappa shape index (κ3) is 3.02. The molecule has 4 rings (SSSR count). The van der Waals surface area contributed by atoms with Crippen molar-refractivity contribution in [3.05, 3.63) is 83.1 Å². The Bertz CT molecular complexity index is 1030. The molecule has 0 fully saturated rings. The number of benzene rings is 2. The van der Waals surface area contributed by atoms with Crippen molar-refractivity contribution in [3.8, 4) is 33.9 Å². The Labute approximate surface area is 157 Å². The highest BCUT2D eigenvalue weighted by molar-refractivity contribution is 6.30. The molecule has 0 bridgehead atoms. The topological polar surface area (TPSA) is 41.6 Å². The summed E-state index contributed by atoms with van der Waals surface area (Å²) in [6.45, 7) is 4.22. The van der Waals surface area contributed by atoms with E-state index in [9.17, 15) is 0 Å². The van der Waals surface area contributed by atoms with Crippen molar-refractivity contribution < 1.29 is 0 Å². The van der Waals surface area contributed by atoms with Crippen molar-refractivity contribution in [1.29, 1.82) is 0 Å². The highest BCUT2D eigenvalue weighted by atomic mass is 35.5. The van der Waals surface area contributed by atoms with Gasteiger partial charge in [0.25, 0.3) is 0 Å². The van der Waals surface area contributed by atoms with Crippen LogP contribution in [0.5, 0.6) is 0 Å². The van der Waals surface area contributed by atoms with Gasteiger partial charge in [-0.3, -0.25) is 4.98 Å². The van der Waals surface area contributed by atoms with Crippen LogP contribution in [0.2, 0.25) is 5.02 Å². The van der Waals surface area contributed by atoms with E-state index in [1.807, 2.05) is 36.4 Å². The third-order valence-electron chi connectivity index (χ3n) is 4.51. The number of halogens is 1. The number of aromatic amines is 1. The number of hydrogen-bond donors (Lipinski definition) is 1. The molecule has 26 heavy (non-hydrogen) atoms. The smallest absolute Gasteiger partial charge is 0.139 e. The zero-order chi connectivity index (χ0) is 18.1. The first kappa shape index (κ1) is 16.6. The van der Waals surface area contributed by atoms with Crippen LogP contribution >= 0.6 is 11.6 Å². The fourth-order valence-corrected chi connectivity index (χ4v) is 3.35. The number of aryl methyl sites for hydroxylation is 2. The Morgan fingerprint density at radius 3 is 2.12 bits per heavy atom. The summed E-state index contributed by atoms with van der Waals surface area (Å²) in [7, 11) is 0. The number of pyridine rings is 1. The number of aromatic nitrogens is 3. The van der Waals surface area contributed by atoms with E-state index in [-0.39, 0.29) is 0 Å². The Morgan fingerprint density at radius 2 is 1.46 bits per heavy atom. The molecule has 2 aromatic heterocycles. The van der Waals surface area contributed by atoms with Crippen LogP contribution in [-0.4, -0.2) is 15.0 Å². The Kier molecular flexibility index (Phi) is 4.31. The second kappa shape index (κ2) is 6.77. The fraction of sp³-hybridized carbons (Fsp3) is 0.0909. The molecule has 2 aromatic carbocycles. The standard InChI is InChI=1S/C22H18ClN3/c1-14-4-3-5-15(2)19(14)22-25-20(16-6-8-18(23)9-7-16)21(26-22)17-10-12-24-13-11-17/h3-13H,1-2H3,(H,25,26). The van der Waals surface area contributed by atoms with E-state index >= 15 is 0 Å². The van der Waals surface area contributed by atoms with Gasteiger partial charge in [-0.1, -0.05) is 41.9 Å². The molecule has 0 aliphatic rings. The maximum atomic E-state index is 6.06. The quantitative estimate of drug-likeness (QED) is 0.482. The molecule has 0 aliphatic carbocycles. The fourth-order valence-electron chi connectivity index (χ4n) is 3.22. The van der Waals surface area contributed by atoms with E-state index in [4.69, 9.17) is 16.6 Å². The molecule has 0 atom stereocenters. The van der Waals surface area contributed by atoms with E-state index < -0.39 is 0 Å². The van der Waals surface area contributed by atoms with Crippen LogP contribution in [0, 0.1) is 13.8 Å². The first-order chi connectivity index (χ1) is 12.6. The minimum Gasteiger partial charge on any atom is -0.337 e. The lowest BCUT2D eigenvalue weighted by atomic mass is 10.0. The number of nitrogens with zero attached hydrogens (tertiary/aromatic N) is 2. The van der Waals surface area contributed by atoms with Gasteiger partial charge in [-0.05, 0) is 49.2 Å². The maximum absolute atomic E-state index is 6.06. The zero-order valence-electron chi connectivity index (χ0n) is 14.6. The van der Waals surface area contributed by atoms with Crippen molar-refractivity contribution in [2.24, 2.45) is 0 Å². The van der Waals surface area contributed by atoms with Crippen molar-refractivity contribution >= 4 is 11.6 Å². The third-order valence-corrected chi connectivity index (χ3v) is 4.76. The summed E-state index contributed by atoms with van der Waals surface area (Å²) < 4.78 is 0. The summed E-state index contributed by atoms with van der Waals surface area (Å²) in [5.74, 6) is 0.873. The molecule has 2 heterocycles. The van der Waals surface area contributed by atoms with Gasteiger partial charge in [-0.15, -0.1) is 0 Å². The van der Waals surface area contributed by atoms with Crippen molar-refractivity contribution in [1.82, 2.24) is 15.0 Å². The van der Waals surface area contributed by atoms with Gasteiger partial charge in [0.05, 0.1) is 11.4 Å². The molecule has 128 valence electrons. The monoisotopic (exact) mass is 359 g/mol. The molecule has 3 nitrogen and oxygen atoms in total. The van der Waals surface area contributed by atoms with E-state index in [0.717, 1.165) is 33.9 Å². The van der Waals surface area contributed by atoms with Gasteiger partial charge in [-0.2, -0.15) is 0 Å². The van der Waals surface area contributed by atoms with E-state index in [1.54, 1.807) is 12.4 Å². The van der Waals surface area contributed by atoms with E-state index in [2.05, 4.69) is 42.0 Å². The summed E-state index contributed by atoms with van der Waals surface area (Å²) in [6, 6.07) is 18.1. The minimum absolute atomic E-state index is 0.716. The second-order valence-electron chi connectivity index (χ2n) is 6.32. The summed E-state index contributed by atoms with van der Waals surface area (Å²) >= 11 is 6.06. The Balaban J connectivity index is 1.95. The molecule has 0 spiro atoms. The van der Waals surface area contributed by atoms with Crippen LogP contribution < -0.4 is 0 Å².